The lowest BCUT2D eigenvalue weighted by Crippen LogP contribution is -1.91. The van der Waals surface area contributed by atoms with Crippen LogP contribution in [0.15, 0.2) is 22.9 Å². The predicted molar refractivity (Wildman–Crippen MR) is 45.9 cm³/mol. The minimum Gasteiger partial charge on any atom is -0.462 e. The quantitative estimate of drug-likeness (QED) is 0.646. The molecule has 12 heavy (non-hydrogen) atoms. The SMILES string of the molecule is CC(C)c1cnnc2ccoc12. The summed E-state index contributed by atoms with van der Waals surface area (Å²) in [7, 11) is 0. The molecule has 0 fully saturated rings. The average molecular weight is 162 g/mol. The molecule has 3 heteroatoms. The molecule has 0 unspecified atom stereocenters. The van der Waals surface area contributed by atoms with Gasteiger partial charge in [0, 0.05) is 11.6 Å². The van der Waals surface area contributed by atoms with Crippen LogP contribution in [0.4, 0.5) is 0 Å². The van der Waals surface area contributed by atoms with Gasteiger partial charge in [-0.1, -0.05) is 13.8 Å². The van der Waals surface area contributed by atoms with E-state index in [1.165, 1.54) is 0 Å². The summed E-state index contributed by atoms with van der Waals surface area (Å²) in [6.45, 7) is 4.22. The molecular formula is C9H10N2O. The molecule has 2 aromatic rings. The van der Waals surface area contributed by atoms with Crippen LogP contribution in [0.5, 0.6) is 0 Å². The maximum absolute atomic E-state index is 5.31. The van der Waals surface area contributed by atoms with E-state index in [1.807, 2.05) is 6.07 Å². The first-order chi connectivity index (χ1) is 5.79. The van der Waals surface area contributed by atoms with Crippen LogP contribution in [0.3, 0.4) is 0 Å². The van der Waals surface area contributed by atoms with Gasteiger partial charge in [-0.15, -0.1) is 5.10 Å². The molecule has 0 aromatic carbocycles. The molecule has 0 bridgehead atoms. The second-order valence-corrected chi connectivity index (χ2v) is 3.09. The van der Waals surface area contributed by atoms with E-state index in [-0.39, 0.29) is 0 Å². The van der Waals surface area contributed by atoms with Crippen molar-refractivity contribution in [1.29, 1.82) is 0 Å². The van der Waals surface area contributed by atoms with Crippen LogP contribution < -0.4 is 0 Å². The van der Waals surface area contributed by atoms with Gasteiger partial charge in [0.1, 0.15) is 5.52 Å². The smallest absolute Gasteiger partial charge is 0.159 e. The van der Waals surface area contributed by atoms with E-state index in [2.05, 4.69) is 24.0 Å². The topological polar surface area (TPSA) is 38.9 Å². The Kier molecular flexibility index (Phi) is 1.57. The van der Waals surface area contributed by atoms with Gasteiger partial charge in [-0.25, -0.2) is 0 Å². The average Bonchev–Trinajstić information content (AvgIpc) is 2.49. The molecule has 0 radical (unpaired) electrons. The molecule has 2 heterocycles. The Morgan fingerprint density at radius 2 is 2.25 bits per heavy atom. The van der Waals surface area contributed by atoms with Crippen LogP contribution in [-0.2, 0) is 0 Å². The summed E-state index contributed by atoms with van der Waals surface area (Å²) in [5.74, 6) is 0.425. The Hall–Kier alpha value is -1.38. The fourth-order valence-corrected chi connectivity index (χ4v) is 1.22. The van der Waals surface area contributed by atoms with Crippen LogP contribution in [-0.4, -0.2) is 10.2 Å². The van der Waals surface area contributed by atoms with E-state index >= 15 is 0 Å². The van der Waals surface area contributed by atoms with Crippen molar-refractivity contribution in [3.8, 4) is 0 Å². The number of nitrogens with zero attached hydrogens (tertiary/aromatic N) is 2. The van der Waals surface area contributed by atoms with Crippen molar-refractivity contribution in [1.82, 2.24) is 10.2 Å². The van der Waals surface area contributed by atoms with Gasteiger partial charge in [0.25, 0.3) is 0 Å². The second-order valence-electron chi connectivity index (χ2n) is 3.09. The minimum atomic E-state index is 0.425. The van der Waals surface area contributed by atoms with Gasteiger partial charge < -0.3 is 4.42 Å². The Morgan fingerprint density at radius 3 is 3.00 bits per heavy atom. The van der Waals surface area contributed by atoms with Crippen molar-refractivity contribution in [3.05, 3.63) is 24.1 Å². The van der Waals surface area contributed by atoms with Crippen molar-refractivity contribution in [2.24, 2.45) is 0 Å². The first-order valence-electron chi connectivity index (χ1n) is 3.98. The molecule has 0 aliphatic carbocycles. The number of fused-ring (bicyclic) bond motifs is 1. The van der Waals surface area contributed by atoms with E-state index in [1.54, 1.807) is 12.5 Å². The van der Waals surface area contributed by atoms with E-state index in [0.717, 1.165) is 16.7 Å². The highest BCUT2D eigenvalue weighted by Crippen LogP contribution is 2.22. The second kappa shape index (κ2) is 2.59. The van der Waals surface area contributed by atoms with Gasteiger partial charge in [-0.2, -0.15) is 5.10 Å². The van der Waals surface area contributed by atoms with Crippen molar-refractivity contribution in [3.63, 3.8) is 0 Å². The lowest BCUT2D eigenvalue weighted by atomic mass is 10.1. The van der Waals surface area contributed by atoms with Crippen molar-refractivity contribution in [2.75, 3.05) is 0 Å². The minimum absolute atomic E-state index is 0.425. The third-order valence-corrected chi connectivity index (χ3v) is 1.89. The lowest BCUT2D eigenvalue weighted by molar-refractivity contribution is 0.605. The first kappa shape index (κ1) is 7.28. The number of hydrogen-bond donors (Lipinski definition) is 0. The molecule has 62 valence electrons. The molecule has 3 nitrogen and oxygen atoms in total. The van der Waals surface area contributed by atoms with E-state index in [0.29, 0.717) is 5.92 Å². The zero-order valence-electron chi connectivity index (χ0n) is 7.11. The van der Waals surface area contributed by atoms with E-state index < -0.39 is 0 Å². The molecule has 0 N–H and O–H groups in total. The maximum atomic E-state index is 5.31. The number of aromatic nitrogens is 2. The summed E-state index contributed by atoms with van der Waals surface area (Å²) < 4.78 is 5.31. The molecule has 2 aromatic heterocycles. The Bertz CT molecular complexity index is 392. The van der Waals surface area contributed by atoms with Crippen LogP contribution >= 0.6 is 0 Å². The highest BCUT2D eigenvalue weighted by atomic mass is 16.3. The van der Waals surface area contributed by atoms with Crippen LogP contribution in [0.2, 0.25) is 0 Å². The fraction of sp³-hybridized carbons (Fsp3) is 0.333. The molecule has 0 saturated heterocycles. The van der Waals surface area contributed by atoms with Crippen LogP contribution in [0.1, 0.15) is 25.3 Å². The lowest BCUT2D eigenvalue weighted by Gasteiger charge is -2.02. The Labute approximate surface area is 70.4 Å². The van der Waals surface area contributed by atoms with Gasteiger partial charge >= 0.3 is 0 Å². The first-order valence-corrected chi connectivity index (χ1v) is 3.98. The summed E-state index contributed by atoms with van der Waals surface area (Å²) in [5, 5.41) is 7.84. The molecule has 0 aliphatic rings. The van der Waals surface area contributed by atoms with Crippen molar-refractivity contribution < 1.29 is 4.42 Å². The van der Waals surface area contributed by atoms with E-state index in [4.69, 9.17) is 4.42 Å². The number of hydrogen-bond acceptors (Lipinski definition) is 3. The summed E-state index contributed by atoms with van der Waals surface area (Å²) in [4.78, 5) is 0. The van der Waals surface area contributed by atoms with Gasteiger partial charge in [0.05, 0.1) is 12.5 Å². The van der Waals surface area contributed by atoms with Gasteiger partial charge in [-0.05, 0) is 5.92 Å². The standard InChI is InChI=1S/C9H10N2O/c1-6(2)7-5-10-11-8-3-4-12-9(7)8/h3-6H,1-2H3. The maximum Gasteiger partial charge on any atom is 0.159 e. The molecular weight excluding hydrogens is 152 g/mol. The van der Waals surface area contributed by atoms with Crippen molar-refractivity contribution in [2.45, 2.75) is 19.8 Å². The summed E-state index contributed by atoms with van der Waals surface area (Å²) in [6, 6.07) is 1.83. The number of furan rings is 1. The highest BCUT2D eigenvalue weighted by Gasteiger charge is 2.08. The van der Waals surface area contributed by atoms with E-state index in [9.17, 15) is 0 Å². The van der Waals surface area contributed by atoms with Crippen LogP contribution in [0, 0.1) is 0 Å². The van der Waals surface area contributed by atoms with Crippen LogP contribution in [0.25, 0.3) is 11.1 Å². The third-order valence-electron chi connectivity index (χ3n) is 1.89. The Morgan fingerprint density at radius 1 is 1.42 bits per heavy atom. The number of rotatable bonds is 1. The van der Waals surface area contributed by atoms with Gasteiger partial charge in [0.15, 0.2) is 5.58 Å². The normalized spacial score (nSPS) is 11.2. The monoisotopic (exact) mass is 162 g/mol. The van der Waals surface area contributed by atoms with Gasteiger partial charge in [0.2, 0.25) is 0 Å². The fourth-order valence-electron chi connectivity index (χ4n) is 1.22. The largest absolute Gasteiger partial charge is 0.462 e. The molecule has 0 saturated carbocycles. The zero-order chi connectivity index (χ0) is 8.55. The predicted octanol–water partition coefficient (Wildman–Crippen LogP) is 2.35. The Balaban J connectivity index is 2.73. The molecule has 0 spiro atoms. The van der Waals surface area contributed by atoms with Crippen molar-refractivity contribution >= 4 is 11.1 Å². The summed E-state index contributed by atoms with van der Waals surface area (Å²) >= 11 is 0. The highest BCUT2D eigenvalue weighted by molar-refractivity contribution is 5.75. The molecule has 0 atom stereocenters. The molecule has 2 rings (SSSR count). The molecule has 0 aliphatic heterocycles. The third kappa shape index (κ3) is 0.978. The zero-order valence-corrected chi connectivity index (χ0v) is 7.11. The summed E-state index contributed by atoms with van der Waals surface area (Å²) in [6.07, 6.45) is 3.40. The molecule has 0 amide bonds. The summed E-state index contributed by atoms with van der Waals surface area (Å²) in [5.41, 5.74) is 2.81. The van der Waals surface area contributed by atoms with Gasteiger partial charge in [-0.3, -0.25) is 0 Å².